The molecule has 0 aliphatic carbocycles. The number of nitrogens with one attached hydrogen (secondary N) is 1. The molecule has 1 atom stereocenters. The van der Waals surface area contributed by atoms with Gasteiger partial charge in [-0.1, -0.05) is 12.1 Å². The summed E-state index contributed by atoms with van der Waals surface area (Å²) < 4.78 is 18.3. The minimum Gasteiger partial charge on any atom is -0.383 e. The first-order valence-corrected chi connectivity index (χ1v) is 6.56. The van der Waals surface area contributed by atoms with Crippen molar-refractivity contribution >= 4 is 11.3 Å². The SMILES string of the molecule is COCCNC(c1cccc(F)c1)c1nccs1. The van der Waals surface area contributed by atoms with Crippen LogP contribution in [-0.2, 0) is 4.74 Å². The Bertz CT molecular complexity index is 476. The molecule has 1 unspecified atom stereocenters. The minimum atomic E-state index is -0.234. The zero-order chi connectivity index (χ0) is 12.8. The number of halogens is 1. The molecule has 2 aromatic rings. The molecule has 5 heteroatoms. The van der Waals surface area contributed by atoms with E-state index in [4.69, 9.17) is 4.74 Å². The fourth-order valence-corrected chi connectivity index (χ4v) is 2.45. The number of ether oxygens (including phenoxy) is 1. The first-order valence-electron chi connectivity index (χ1n) is 5.68. The molecule has 0 bridgehead atoms. The van der Waals surface area contributed by atoms with Gasteiger partial charge in [-0.2, -0.15) is 0 Å². The Labute approximate surface area is 110 Å². The van der Waals surface area contributed by atoms with Gasteiger partial charge in [0.2, 0.25) is 0 Å². The maximum atomic E-state index is 13.3. The summed E-state index contributed by atoms with van der Waals surface area (Å²) in [5.74, 6) is -0.234. The Morgan fingerprint density at radius 2 is 2.39 bits per heavy atom. The predicted molar refractivity (Wildman–Crippen MR) is 70.2 cm³/mol. The van der Waals surface area contributed by atoms with E-state index in [0.29, 0.717) is 13.2 Å². The largest absolute Gasteiger partial charge is 0.383 e. The molecule has 0 radical (unpaired) electrons. The number of thiazole rings is 1. The number of nitrogens with zero attached hydrogens (tertiary/aromatic N) is 1. The predicted octanol–water partition coefficient (Wildman–Crippen LogP) is 2.61. The Morgan fingerprint density at radius 1 is 1.50 bits per heavy atom. The Kier molecular flexibility index (Phi) is 4.81. The lowest BCUT2D eigenvalue weighted by atomic mass is 10.1. The molecule has 3 nitrogen and oxygen atoms in total. The molecule has 0 spiro atoms. The molecule has 0 fully saturated rings. The van der Waals surface area contributed by atoms with Gasteiger partial charge >= 0.3 is 0 Å². The van der Waals surface area contributed by atoms with E-state index in [9.17, 15) is 4.39 Å². The van der Waals surface area contributed by atoms with Crippen LogP contribution < -0.4 is 5.32 Å². The molecule has 0 saturated carbocycles. The van der Waals surface area contributed by atoms with Crippen LogP contribution in [0.2, 0.25) is 0 Å². The van der Waals surface area contributed by atoms with Gasteiger partial charge in [-0.3, -0.25) is 0 Å². The van der Waals surface area contributed by atoms with E-state index < -0.39 is 0 Å². The highest BCUT2D eigenvalue weighted by molar-refractivity contribution is 7.09. The van der Waals surface area contributed by atoms with Gasteiger partial charge in [0.05, 0.1) is 12.6 Å². The van der Waals surface area contributed by atoms with Gasteiger partial charge in [-0.25, -0.2) is 9.37 Å². The van der Waals surface area contributed by atoms with Gasteiger partial charge in [-0.15, -0.1) is 11.3 Å². The van der Waals surface area contributed by atoms with Crippen molar-refractivity contribution < 1.29 is 9.13 Å². The highest BCUT2D eigenvalue weighted by atomic mass is 32.1. The van der Waals surface area contributed by atoms with Crippen LogP contribution >= 0.6 is 11.3 Å². The highest BCUT2D eigenvalue weighted by Gasteiger charge is 2.16. The van der Waals surface area contributed by atoms with Crippen molar-refractivity contribution in [2.75, 3.05) is 20.3 Å². The second kappa shape index (κ2) is 6.58. The summed E-state index contributed by atoms with van der Waals surface area (Å²) in [4.78, 5) is 4.29. The van der Waals surface area contributed by atoms with Crippen LogP contribution in [0.5, 0.6) is 0 Å². The summed E-state index contributed by atoms with van der Waals surface area (Å²) in [6, 6.07) is 6.50. The van der Waals surface area contributed by atoms with Gasteiger partial charge in [0, 0.05) is 25.2 Å². The van der Waals surface area contributed by atoms with Crippen LogP contribution in [-0.4, -0.2) is 25.2 Å². The zero-order valence-corrected chi connectivity index (χ0v) is 10.9. The Hall–Kier alpha value is -1.30. The first-order chi connectivity index (χ1) is 8.81. The lowest BCUT2D eigenvalue weighted by molar-refractivity contribution is 0.197. The van der Waals surface area contributed by atoms with Crippen molar-refractivity contribution in [2.24, 2.45) is 0 Å². The Morgan fingerprint density at radius 3 is 3.06 bits per heavy atom. The summed E-state index contributed by atoms with van der Waals surface area (Å²) >= 11 is 1.55. The van der Waals surface area contributed by atoms with Gasteiger partial charge < -0.3 is 10.1 Å². The van der Waals surface area contributed by atoms with E-state index in [2.05, 4.69) is 10.3 Å². The molecule has 96 valence electrons. The van der Waals surface area contributed by atoms with Gasteiger partial charge in [0.25, 0.3) is 0 Å². The minimum absolute atomic E-state index is 0.0872. The van der Waals surface area contributed by atoms with Crippen LogP contribution in [0.4, 0.5) is 4.39 Å². The molecular formula is C13H15FN2OS. The lowest BCUT2D eigenvalue weighted by Gasteiger charge is -2.16. The third-order valence-electron chi connectivity index (χ3n) is 2.54. The molecular weight excluding hydrogens is 251 g/mol. The number of methoxy groups -OCH3 is 1. The number of rotatable bonds is 6. The molecule has 0 saturated heterocycles. The topological polar surface area (TPSA) is 34.1 Å². The van der Waals surface area contributed by atoms with Crippen molar-refractivity contribution in [3.05, 3.63) is 52.2 Å². The Balaban J connectivity index is 2.19. The van der Waals surface area contributed by atoms with E-state index in [-0.39, 0.29) is 11.9 Å². The van der Waals surface area contributed by atoms with Gasteiger partial charge in [0.1, 0.15) is 10.8 Å². The first kappa shape index (κ1) is 13.1. The average Bonchev–Trinajstić information content (AvgIpc) is 2.88. The van der Waals surface area contributed by atoms with Crippen molar-refractivity contribution in [3.8, 4) is 0 Å². The zero-order valence-electron chi connectivity index (χ0n) is 10.1. The second-order valence-corrected chi connectivity index (χ2v) is 4.73. The fraction of sp³-hybridized carbons (Fsp3) is 0.308. The second-order valence-electron chi connectivity index (χ2n) is 3.81. The molecule has 1 heterocycles. The third-order valence-corrected chi connectivity index (χ3v) is 3.38. The van der Waals surface area contributed by atoms with Crippen molar-refractivity contribution in [1.82, 2.24) is 10.3 Å². The average molecular weight is 266 g/mol. The molecule has 1 N–H and O–H groups in total. The van der Waals surface area contributed by atoms with E-state index in [0.717, 1.165) is 10.6 Å². The summed E-state index contributed by atoms with van der Waals surface area (Å²) in [5.41, 5.74) is 0.876. The number of hydrogen-bond acceptors (Lipinski definition) is 4. The molecule has 0 amide bonds. The van der Waals surface area contributed by atoms with E-state index in [1.807, 2.05) is 11.4 Å². The monoisotopic (exact) mass is 266 g/mol. The molecule has 1 aromatic heterocycles. The normalized spacial score (nSPS) is 12.6. The van der Waals surface area contributed by atoms with Crippen LogP contribution in [0, 0.1) is 5.82 Å². The maximum Gasteiger partial charge on any atom is 0.123 e. The maximum absolute atomic E-state index is 13.3. The van der Waals surface area contributed by atoms with Crippen LogP contribution in [0.1, 0.15) is 16.6 Å². The van der Waals surface area contributed by atoms with Gasteiger partial charge in [0.15, 0.2) is 0 Å². The summed E-state index contributed by atoms with van der Waals surface area (Å²) in [6.45, 7) is 1.30. The van der Waals surface area contributed by atoms with Crippen molar-refractivity contribution in [1.29, 1.82) is 0 Å². The number of benzene rings is 1. The molecule has 1 aromatic carbocycles. The number of hydrogen-bond donors (Lipinski definition) is 1. The molecule has 0 aliphatic rings. The van der Waals surface area contributed by atoms with Gasteiger partial charge in [-0.05, 0) is 17.7 Å². The fourth-order valence-electron chi connectivity index (χ4n) is 1.72. The van der Waals surface area contributed by atoms with Crippen molar-refractivity contribution in [3.63, 3.8) is 0 Å². The van der Waals surface area contributed by atoms with Crippen LogP contribution in [0.25, 0.3) is 0 Å². The van der Waals surface area contributed by atoms with E-state index in [1.54, 1.807) is 30.7 Å². The van der Waals surface area contributed by atoms with E-state index >= 15 is 0 Å². The van der Waals surface area contributed by atoms with Crippen molar-refractivity contribution in [2.45, 2.75) is 6.04 Å². The molecule has 0 aliphatic heterocycles. The van der Waals surface area contributed by atoms with Crippen LogP contribution in [0.15, 0.2) is 35.8 Å². The smallest absolute Gasteiger partial charge is 0.123 e. The van der Waals surface area contributed by atoms with E-state index in [1.165, 1.54) is 12.1 Å². The standard InChI is InChI=1S/C13H15FN2OS/c1-17-7-5-15-12(13-16-6-8-18-13)10-3-2-4-11(14)9-10/h2-4,6,8-9,12,15H,5,7H2,1H3. The summed E-state index contributed by atoms with van der Waals surface area (Å²) in [7, 11) is 1.66. The highest BCUT2D eigenvalue weighted by Crippen LogP contribution is 2.24. The lowest BCUT2D eigenvalue weighted by Crippen LogP contribution is -2.26. The number of aromatic nitrogens is 1. The molecule has 18 heavy (non-hydrogen) atoms. The molecule has 2 rings (SSSR count). The third kappa shape index (κ3) is 3.35. The summed E-state index contributed by atoms with van der Waals surface area (Å²) in [6.07, 6.45) is 1.75. The summed E-state index contributed by atoms with van der Waals surface area (Å²) in [5, 5.41) is 6.17. The quantitative estimate of drug-likeness (QED) is 0.816. The van der Waals surface area contributed by atoms with Crippen LogP contribution in [0.3, 0.4) is 0 Å².